The van der Waals surface area contributed by atoms with Gasteiger partial charge in [-0.2, -0.15) is 0 Å². The number of hydrogen-bond acceptors (Lipinski definition) is 9. The van der Waals surface area contributed by atoms with Crippen LogP contribution in [0.2, 0.25) is 0 Å². The van der Waals surface area contributed by atoms with Crippen LogP contribution in [0.1, 0.15) is 29.2 Å². The largest absolute Gasteiger partial charge is 0.494 e. The highest BCUT2D eigenvalue weighted by molar-refractivity contribution is 9.10. The quantitative estimate of drug-likeness (QED) is 0.0741. The molecular weight excluding hydrogens is 642 g/mol. The lowest BCUT2D eigenvalue weighted by atomic mass is 9.81. The van der Waals surface area contributed by atoms with Crippen LogP contribution in [-0.4, -0.2) is 80.0 Å². The van der Waals surface area contributed by atoms with Gasteiger partial charge in [0.25, 0.3) is 5.91 Å². The third-order valence-corrected chi connectivity index (χ3v) is 8.45. The van der Waals surface area contributed by atoms with E-state index in [0.717, 1.165) is 29.7 Å². The second-order valence-electron chi connectivity index (χ2n) is 10.6. The molecule has 1 saturated heterocycles. The second-order valence-corrected chi connectivity index (χ2v) is 11.5. The molecule has 2 aliphatic rings. The van der Waals surface area contributed by atoms with Crippen molar-refractivity contribution in [1.29, 1.82) is 0 Å². The average Bonchev–Trinajstić information content (AvgIpc) is 3.45. The molecule has 0 bridgehead atoms. The van der Waals surface area contributed by atoms with E-state index < -0.39 is 11.6 Å². The number of hydrazine groups is 1. The van der Waals surface area contributed by atoms with Crippen LogP contribution >= 0.6 is 15.9 Å². The Morgan fingerprint density at radius 2 is 1.89 bits per heavy atom. The summed E-state index contributed by atoms with van der Waals surface area (Å²) in [7, 11) is 0. The van der Waals surface area contributed by atoms with Gasteiger partial charge in [-0.1, -0.05) is 63.5 Å². The van der Waals surface area contributed by atoms with E-state index in [-0.39, 0.29) is 24.8 Å². The van der Waals surface area contributed by atoms with E-state index in [1.807, 2.05) is 42.5 Å². The van der Waals surface area contributed by atoms with Gasteiger partial charge in [-0.3, -0.25) is 15.1 Å². The predicted octanol–water partition coefficient (Wildman–Crippen LogP) is 4.60. The van der Waals surface area contributed by atoms with Crippen LogP contribution < -0.4 is 15.6 Å². The fraction of sp³-hybridized carbons (Fsp3) is 0.375. The molecule has 3 N–H and O–H groups in total. The first-order valence-electron chi connectivity index (χ1n) is 14.9. The van der Waals surface area contributed by atoms with Crippen molar-refractivity contribution in [3.8, 4) is 5.75 Å². The lowest BCUT2D eigenvalue weighted by Gasteiger charge is -2.32. The zero-order valence-electron chi connectivity index (χ0n) is 24.8. The summed E-state index contributed by atoms with van der Waals surface area (Å²) < 4.78 is 18.5. The molecule has 13 heteroatoms. The second kappa shape index (κ2) is 15.8. The average molecular weight is 679 g/mol. The van der Waals surface area contributed by atoms with Crippen molar-refractivity contribution < 1.29 is 24.1 Å². The standard InChI is InChI=1S/C32H36BrN7O5/c33-27-8-3-1-6-24(27)22-32(31(42)38-35-14-15-40-16-20-43-21-17-40)29(26-7-2-4-9-28(26)37-39-34)45-30(36-32)23-10-12-25(13-11-23)44-19-5-18-41/h1-4,6-13,29,35,41H,5,14-22H2,(H,38,42)/t29-,32-/m0/s1. The molecule has 0 unspecified atom stereocenters. The molecular formula is C32H36BrN7O5. The van der Waals surface area contributed by atoms with Gasteiger partial charge in [-0.05, 0) is 41.4 Å². The third kappa shape index (κ3) is 8.01. The molecule has 0 aliphatic carbocycles. The van der Waals surface area contributed by atoms with Gasteiger partial charge in [0.2, 0.25) is 5.90 Å². The van der Waals surface area contributed by atoms with Crippen LogP contribution in [0.4, 0.5) is 5.69 Å². The fourth-order valence-corrected chi connectivity index (χ4v) is 5.75. The van der Waals surface area contributed by atoms with Crippen molar-refractivity contribution in [3.63, 3.8) is 0 Å². The number of benzene rings is 3. The summed E-state index contributed by atoms with van der Waals surface area (Å²) in [5, 5.41) is 13.0. The van der Waals surface area contributed by atoms with Gasteiger partial charge in [0.1, 0.15) is 5.75 Å². The van der Waals surface area contributed by atoms with Gasteiger partial charge in [0.05, 0.1) is 19.8 Å². The maximum absolute atomic E-state index is 14.4. The van der Waals surface area contributed by atoms with Gasteiger partial charge >= 0.3 is 0 Å². The number of amides is 1. The van der Waals surface area contributed by atoms with Crippen molar-refractivity contribution in [2.45, 2.75) is 24.5 Å². The van der Waals surface area contributed by atoms with E-state index in [4.69, 9.17) is 24.3 Å². The van der Waals surface area contributed by atoms with E-state index >= 15 is 0 Å². The molecule has 0 saturated carbocycles. The molecule has 0 radical (unpaired) electrons. The summed E-state index contributed by atoms with van der Waals surface area (Å²) in [6.45, 7) is 4.76. The first-order valence-corrected chi connectivity index (χ1v) is 15.6. The lowest BCUT2D eigenvalue weighted by Crippen LogP contribution is -2.55. The molecule has 1 fully saturated rings. The summed E-state index contributed by atoms with van der Waals surface area (Å²) in [6.07, 6.45) is -0.216. The van der Waals surface area contributed by atoms with Crippen LogP contribution in [-0.2, 0) is 20.7 Å². The monoisotopic (exact) mass is 677 g/mol. The molecule has 12 nitrogen and oxygen atoms in total. The van der Waals surface area contributed by atoms with E-state index in [2.05, 4.69) is 41.7 Å². The number of aliphatic hydroxyl groups is 1. The molecule has 3 aromatic carbocycles. The Kier molecular flexibility index (Phi) is 11.4. The molecule has 45 heavy (non-hydrogen) atoms. The number of carbonyl (C=O) groups excluding carboxylic acids is 1. The van der Waals surface area contributed by atoms with Gasteiger partial charge in [0.15, 0.2) is 11.6 Å². The summed E-state index contributed by atoms with van der Waals surface area (Å²) in [5.74, 6) is 0.519. The normalized spacial score (nSPS) is 19.7. The van der Waals surface area contributed by atoms with Gasteiger partial charge in [-0.15, -0.1) is 0 Å². The number of nitrogens with one attached hydrogen (secondary N) is 2. The summed E-state index contributed by atoms with van der Waals surface area (Å²) in [5.41, 5.74) is 16.3. The minimum absolute atomic E-state index is 0.0468. The fourth-order valence-electron chi connectivity index (χ4n) is 5.33. The molecule has 2 atom stereocenters. The number of ether oxygens (including phenoxy) is 3. The number of rotatable bonds is 14. The molecule has 1 amide bonds. The number of aliphatic imine (C=N–C) groups is 1. The first kappa shape index (κ1) is 32.4. The topological polar surface area (TPSA) is 153 Å². The molecule has 2 aliphatic heterocycles. The van der Waals surface area contributed by atoms with Crippen LogP contribution in [0.15, 0.2) is 87.4 Å². The van der Waals surface area contributed by atoms with Crippen LogP contribution in [0, 0.1) is 0 Å². The van der Waals surface area contributed by atoms with Crippen molar-refractivity contribution in [2.75, 3.05) is 52.6 Å². The molecule has 236 valence electrons. The highest BCUT2D eigenvalue weighted by Gasteiger charge is 2.54. The van der Waals surface area contributed by atoms with Crippen molar-refractivity contribution in [3.05, 3.63) is 104 Å². The summed E-state index contributed by atoms with van der Waals surface area (Å²) in [4.78, 5) is 24.7. The Labute approximate surface area is 270 Å². The maximum atomic E-state index is 14.4. The van der Waals surface area contributed by atoms with Crippen LogP contribution in [0.5, 0.6) is 5.75 Å². The van der Waals surface area contributed by atoms with E-state index in [1.54, 1.807) is 30.3 Å². The number of nitrogens with zero attached hydrogens (tertiary/aromatic N) is 5. The Balaban J connectivity index is 1.51. The molecule has 3 aromatic rings. The highest BCUT2D eigenvalue weighted by atomic mass is 79.9. The number of aliphatic hydroxyl groups excluding tert-OH is 1. The molecule has 0 spiro atoms. The molecule has 5 rings (SSSR count). The van der Waals surface area contributed by atoms with E-state index in [1.165, 1.54) is 0 Å². The SMILES string of the molecule is [N-]=[N+]=Nc1ccccc1[C@@H]1OC(c2ccc(OCCCO)cc2)=N[C@]1(Cc1ccccc1Br)C(=O)NNCCN1CCOCC1. The van der Waals surface area contributed by atoms with Crippen molar-refractivity contribution >= 4 is 33.4 Å². The molecule has 0 aromatic heterocycles. The Hall–Kier alpha value is -3.97. The van der Waals surface area contributed by atoms with E-state index in [9.17, 15) is 10.3 Å². The Morgan fingerprint density at radius 1 is 1.13 bits per heavy atom. The zero-order valence-corrected chi connectivity index (χ0v) is 26.4. The molecule has 2 heterocycles. The summed E-state index contributed by atoms with van der Waals surface area (Å²) in [6, 6.07) is 22.0. The smallest absolute Gasteiger partial charge is 0.266 e. The third-order valence-electron chi connectivity index (χ3n) is 7.68. The van der Waals surface area contributed by atoms with Crippen LogP contribution in [0.3, 0.4) is 0 Å². The van der Waals surface area contributed by atoms with E-state index in [0.29, 0.717) is 55.4 Å². The Bertz CT molecular complexity index is 1530. The first-order chi connectivity index (χ1) is 22.0. The minimum Gasteiger partial charge on any atom is -0.494 e. The number of carbonyl (C=O) groups is 1. The van der Waals surface area contributed by atoms with Crippen LogP contribution in [0.25, 0.3) is 10.4 Å². The highest BCUT2D eigenvalue weighted by Crippen LogP contribution is 2.46. The maximum Gasteiger partial charge on any atom is 0.266 e. The minimum atomic E-state index is -1.48. The lowest BCUT2D eigenvalue weighted by molar-refractivity contribution is -0.130. The number of hydrogen-bond donors (Lipinski definition) is 3. The number of halogens is 1. The number of azide groups is 1. The van der Waals surface area contributed by atoms with Gasteiger partial charge < -0.3 is 19.3 Å². The van der Waals surface area contributed by atoms with Crippen molar-refractivity contribution in [1.82, 2.24) is 15.8 Å². The zero-order chi connectivity index (χ0) is 31.5. The predicted molar refractivity (Wildman–Crippen MR) is 173 cm³/mol. The van der Waals surface area contributed by atoms with Gasteiger partial charge in [0, 0.05) is 71.8 Å². The number of morpholine rings is 1. The van der Waals surface area contributed by atoms with Gasteiger partial charge in [-0.25, -0.2) is 10.4 Å². The summed E-state index contributed by atoms with van der Waals surface area (Å²) >= 11 is 3.65. The Morgan fingerprint density at radius 3 is 2.64 bits per heavy atom. The van der Waals surface area contributed by atoms with Crippen molar-refractivity contribution in [2.24, 2.45) is 10.1 Å².